The van der Waals surface area contributed by atoms with Gasteiger partial charge in [-0.1, -0.05) is 6.07 Å². The molecule has 1 heterocycles. The van der Waals surface area contributed by atoms with Crippen molar-refractivity contribution in [1.82, 2.24) is 9.78 Å². The molecule has 2 aromatic rings. The second-order valence-corrected chi connectivity index (χ2v) is 4.27. The van der Waals surface area contributed by atoms with Crippen molar-refractivity contribution >= 4 is 15.9 Å². The van der Waals surface area contributed by atoms with Gasteiger partial charge in [0.05, 0.1) is 10.2 Å². The summed E-state index contributed by atoms with van der Waals surface area (Å²) in [6.45, 7) is 2.16. The Morgan fingerprint density at radius 1 is 1.44 bits per heavy atom. The summed E-state index contributed by atoms with van der Waals surface area (Å²) in [7, 11) is 0. The van der Waals surface area contributed by atoms with E-state index >= 15 is 0 Å². The van der Waals surface area contributed by atoms with Gasteiger partial charge in [-0.25, -0.2) is 9.07 Å². The van der Waals surface area contributed by atoms with Gasteiger partial charge in [0.2, 0.25) is 0 Å². The lowest BCUT2D eigenvalue weighted by Crippen LogP contribution is -2.04. The van der Waals surface area contributed by atoms with Gasteiger partial charge in [-0.05, 0) is 40.5 Å². The number of hydrogen-bond donors (Lipinski definition) is 1. The molecule has 0 atom stereocenters. The highest BCUT2D eigenvalue weighted by atomic mass is 79.9. The Balaban J connectivity index is 2.55. The summed E-state index contributed by atoms with van der Waals surface area (Å²) in [6.07, 6.45) is 1.72. The molecular weight excluding hydrogens is 273 g/mol. The fourth-order valence-electron chi connectivity index (χ4n) is 1.46. The lowest BCUT2D eigenvalue weighted by Gasteiger charge is -2.08. The Kier molecular flexibility index (Phi) is 3.07. The van der Waals surface area contributed by atoms with E-state index in [1.54, 1.807) is 18.3 Å². The van der Waals surface area contributed by atoms with Crippen molar-refractivity contribution < 1.29 is 4.39 Å². The van der Waals surface area contributed by atoms with Crippen LogP contribution in [0.3, 0.4) is 0 Å². The fourth-order valence-corrected chi connectivity index (χ4v) is 1.96. The number of hydrogen-bond acceptors (Lipinski definition) is 2. The molecule has 0 saturated carbocycles. The Labute approximate surface area is 101 Å². The SMILES string of the molecule is Cc1ccn(-c2ccc(CN)c(Br)c2F)n1. The molecule has 0 unspecified atom stereocenters. The predicted molar refractivity (Wildman–Crippen MR) is 63.9 cm³/mol. The van der Waals surface area contributed by atoms with Gasteiger partial charge in [0.1, 0.15) is 5.69 Å². The predicted octanol–water partition coefficient (Wildman–Crippen LogP) is 2.54. The number of halogens is 2. The highest BCUT2D eigenvalue weighted by molar-refractivity contribution is 9.10. The molecule has 0 aliphatic carbocycles. The molecule has 1 aromatic heterocycles. The lowest BCUT2D eigenvalue weighted by atomic mass is 10.2. The Morgan fingerprint density at radius 2 is 2.19 bits per heavy atom. The topological polar surface area (TPSA) is 43.8 Å². The summed E-state index contributed by atoms with van der Waals surface area (Å²) >= 11 is 3.20. The molecule has 0 radical (unpaired) electrons. The number of benzene rings is 1. The van der Waals surface area contributed by atoms with Crippen molar-refractivity contribution in [3.05, 3.63) is 45.9 Å². The molecule has 0 fully saturated rings. The first-order valence-electron chi connectivity index (χ1n) is 4.83. The van der Waals surface area contributed by atoms with Gasteiger partial charge in [0.15, 0.2) is 5.82 Å². The molecule has 84 valence electrons. The summed E-state index contributed by atoms with van der Waals surface area (Å²) in [5.41, 5.74) is 7.49. The minimum absolute atomic E-state index is 0.302. The van der Waals surface area contributed by atoms with Crippen LogP contribution in [0.25, 0.3) is 5.69 Å². The maximum absolute atomic E-state index is 14.0. The molecule has 0 amide bonds. The lowest BCUT2D eigenvalue weighted by molar-refractivity contribution is 0.601. The average molecular weight is 284 g/mol. The molecule has 0 saturated heterocycles. The van der Waals surface area contributed by atoms with Gasteiger partial charge in [0, 0.05) is 12.7 Å². The molecule has 2 N–H and O–H groups in total. The number of rotatable bonds is 2. The molecule has 0 bridgehead atoms. The van der Waals surface area contributed by atoms with Crippen molar-refractivity contribution in [2.45, 2.75) is 13.5 Å². The molecule has 2 rings (SSSR count). The van der Waals surface area contributed by atoms with E-state index in [4.69, 9.17) is 5.73 Å². The summed E-state index contributed by atoms with van der Waals surface area (Å²) in [5, 5.41) is 4.16. The highest BCUT2D eigenvalue weighted by Crippen LogP contribution is 2.25. The first-order valence-corrected chi connectivity index (χ1v) is 5.62. The van der Waals surface area contributed by atoms with Crippen LogP contribution in [0.4, 0.5) is 4.39 Å². The van der Waals surface area contributed by atoms with Gasteiger partial charge in [-0.2, -0.15) is 5.10 Å². The second kappa shape index (κ2) is 4.35. The van der Waals surface area contributed by atoms with E-state index in [9.17, 15) is 4.39 Å². The Hall–Kier alpha value is -1.20. The normalized spacial score (nSPS) is 10.8. The van der Waals surface area contributed by atoms with Crippen molar-refractivity contribution in [3.8, 4) is 5.69 Å². The molecule has 0 aliphatic heterocycles. The minimum Gasteiger partial charge on any atom is -0.326 e. The quantitative estimate of drug-likeness (QED) is 0.921. The van der Waals surface area contributed by atoms with E-state index in [-0.39, 0.29) is 5.82 Å². The maximum atomic E-state index is 14.0. The maximum Gasteiger partial charge on any atom is 0.163 e. The van der Waals surface area contributed by atoms with Crippen molar-refractivity contribution in [2.24, 2.45) is 5.73 Å². The Morgan fingerprint density at radius 3 is 2.75 bits per heavy atom. The molecule has 16 heavy (non-hydrogen) atoms. The van der Waals surface area contributed by atoms with Crippen molar-refractivity contribution in [1.29, 1.82) is 0 Å². The van der Waals surface area contributed by atoms with Crippen LogP contribution in [0.15, 0.2) is 28.9 Å². The molecule has 3 nitrogen and oxygen atoms in total. The molecule has 1 aromatic carbocycles. The highest BCUT2D eigenvalue weighted by Gasteiger charge is 2.12. The second-order valence-electron chi connectivity index (χ2n) is 3.48. The zero-order chi connectivity index (χ0) is 11.7. The average Bonchev–Trinajstić information content (AvgIpc) is 2.69. The van der Waals surface area contributed by atoms with Crippen LogP contribution in [-0.4, -0.2) is 9.78 Å². The van der Waals surface area contributed by atoms with Gasteiger partial charge in [-0.3, -0.25) is 0 Å². The molecule has 0 aliphatic rings. The number of aromatic nitrogens is 2. The zero-order valence-corrected chi connectivity index (χ0v) is 10.3. The zero-order valence-electron chi connectivity index (χ0n) is 8.74. The van der Waals surface area contributed by atoms with E-state index in [2.05, 4.69) is 21.0 Å². The van der Waals surface area contributed by atoms with E-state index in [0.717, 1.165) is 11.3 Å². The summed E-state index contributed by atoms with van der Waals surface area (Å²) in [6, 6.07) is 5.29. The Bertz CT molecular complexity index is 522. The standard InChI is InChI=1S/C11H11BrFN3/c1-7-4-5-16(15-7)9-3-2-8(6-14)10(12)11(9)13/h2-5H,6,14H2,1H3. The van der Waals surface area contributed by atoms with E-state index in [1.807, 2.05) is 13.0 Å². The molecule has 5 heteroatoms. The molecular formula is C11H11BrFN3. The summed E-state index contributed by atoms with van der Waals surface area (Å²) < 4.78 is 15.9. The third-order valence-electron chi connectivity index (χ3n) is 2.33. The largest absolute Gasteiger partial charge is 0.326 e. The molecule has 0 spiro atoms. The first kappa shape index (κ1) is 11.3. The van der Waals surface area contributed by atoms with Gasteiger partial charge in [-0.15, -0.1) is 0 Å². The number of nitrogens with two attached hydrogens (primary N) is 1. The van der Waals surface area contributed by atoms with E-state index in [1.165, 1.54) is 4.68 Å². The fraction of sp³-hybridized carbons (Fsp3) is 0.182. The third-order valence-corrected chi connectivity index (χ3v) is 3.19. The third kappa shape index (κ3) is 1.88. The summed E-state index contributed by atoms with van der Waals surface area (Å²) in [4.78, 5) is 0. The van der Waals surface area contributed by atoms with Gasteiger partial charge < -0.3 is 5.73 Å². The minimum atomic E-state index is -0.342. The van der Waals surface area contributed by atoms with E-state index in [0.29, 0.717) is 16.7 Å². The van der Waals surface area contributed by atoms with Crippen LogP contribution < -0.4 is 5.73 Å². The van der Waals surface area contributed by atoms with E-state index < -0.39 is 0 Å². The van der Waals surface area contributed by atoms with Gasteiger partial charge >= 0.3 is 0 Å². The first-order chi connectivity index (χ1) is 7.63. The van der Waals surface area contributed by atoms with Crippen LogP contribution in [-0.2, 0) is 6.54 Å². The van der Waals surface area contributed by atoms with Crippen LogP contribution >= 0.6 is 15.9 Å². The van der Waals surface area contributed by atoms with Crippen LogP contribution in [0, 0.1) is 12.7 Å². The van der Waals surface area contributed by atoms with Crippen LogP contribution in [0.1, 0.15) is 11.3 Å². The number of nitrogens with zero attached hydrogens (tertiary/aromatic N) is 2. The summed E-state index contributed by atoms with van der Waals surface area (Å²) in [5.74, 6) is -0.342. The van der Waals surface area contributed by atoms with Crippen LogP contribution in [0.5, 0.6) is 0 Å². The van der Waals surface area contributed by atoms with Gasteiger partial charge in [0.25, 0.3) is 0 Å². The van der Waals surface area contributed by atoms with Crippen LogP contribution in [0.2, 0.25) is 0 Å². The monoisotopic (exact) mass is 283 g/mol. The smallest absolute Gasteiger partial charge is 0.163 e. The number of aryl methyl sites for hydroxylation is 1. The van der Waals surface area contributed by atoms with Crippen molar-refractivity contribution in [2.75, 3.05) is 0 Å². The van der Waals surface area contributed by atoms with Crippen molar-refractivity contribution in [3.63, 3.8) is 0 Å².